The summed E-state index contributed by atoms with van der Waals surface area (Å²) in [4.78, 5) is 115. The zero-order valence-electron chi connectivity index (χ0n) is 53.7. The molecule has 1 N–H and O–H groups in total. The van der Waals surface area contributed by atoms with E-state index < -0.39 is 131 Å². The summed E-state index contributed by atoms with van der Waals surface area (Å²) in [5.41, 5.74) is -0.218. The number of ether oxygens (including phenoxy) is 10. The van der Waals surface area contributed by atoms with Gasteiger partial charge in [0.15, 0.2) is 40.7 Å². The van der Waals surface area contributed by atoms with Gasteiger partial charge in [-0.15, -0.1) is 0 Å². The summed E-state index contributed by atoms with van der Waals surface area (Å²) in [5, 5.41) is 14.1. The van der Waals surface area contributed by atoms with Gasteiger partial charge in [0.05, 0.1) is 41.5 Å². The van der Waals surface area contributed by atoms with Gasteiger partial charge >= 0.3 is 35.8 Å². The van der Waals surface area contributed by atoms with Crippen LogP contribution in [0, 0.1) is 35.5 Å². The minimum absolute atomic E-state index is 0.00836. The number of esters is 6. The van der Waals surface area contributed by atoms with Crippen molar-refractivity contribution in [2.45, 2.75) is 176 Å². The second-order valence-corrected chi connectivity index (χ2v) is 25.4. The number of Topliss-reactive ketones (excluding diaryl/α,β-unsaturated/α-hetero) is 2. The van der Waals surface area contributed by atoms with Crippen LogP contribution in [-0.2, 0) is 63.6 Å². The molecule has 3 aromatic carbocycles. The first kappa shape index (κ1) is 66.2. The van der Waals surface area contributed by atoms with Crippen LogP contribution in [0.5, 0.6) is 23.0 Å². The lowest BCUT2D eigenvalue weighted by Crippen LogP contribution is -2.78. The van der Waals surface area contributed by atoms with Gasteiger partial charge in [-0.25, -0.2) is 9.59 Å². The zero-order chi connectivity index (χ0) is 65.6. The molecule has 20 nitrogen and oxygen atoms in total. The van der Waals surface area contributed by atoms with Crippen LogP contribution >= 0.6 is 0 Å². The number of carbonyl (C=O) groups excluding carboxylic acids is 8. The summed E-state index contributed by atoms with van der Waals surface area (Å²) in [6, 6.07) is 11.8. The molecule has 2 fully saturated rings. The van der Waals surface area contributed by atoms with Crippen molar-refractivity contribution in [3.8, 4) is 23.0 Å². The van der Waals surface area contributed by atoms with E-state index >= 15 is 14.4 Å². The van der Waals surface area contributed by atoms with E-state index in [9.17, 15) is 29.1 Å². The smallest absolute Gasteiger partial charge is 0.343 e. The number of ketones is 2. The van der Waals surface area contributed by atoms with E-state index in [1.165, 1.54) is 37.5 Å². The fraction of sp³-hybridized carbons (Fsp3) is 0.500. The third-order valence-electron chi connectivity index (χ3n) is 18.3. The Bertz CT molecular complexity index is 3560. The number of fused-ring (bicyclic) bond motifs is 7. The molecule has 90 heavy (non-hydrogen) atoms. The van der Waals surface area contributed by atoms with E-state index in [0.29, 0.717) is 52.1 Å². The van der Waals surface area contributed by atoms with Gasteiger partial charge in [-0.2, -0.15) is 0 Å². The number of aliphatic hydroxyl groups is 1. The highest BCUT2D eigenvalue weighted by Crippen LogP contribution is 2.69. The second kappa shape index (κ2) is 25.9. The lowest BCUT2D eigenvalue weighted by Gasteiger charge is -2.65. The van der Waals surface area contributed by atoms with Crippen LogP contribution in [0.15, 0.2) is 94.5 Å². The van der Waals surface area contributed by atoms with Crippen LogP contribution in [-0.4, -0.2) is 119 Å². The topological polar surface area (TPSA) is 261 Å². The Balaban J connectivity index is 1.26. The summed E-state index contributed by atoms with van der Waals surface area (Å²) < 4.78 is 61.5. The molecule has 9 rings (SSSR count). The van der Waals surface area contributed by atoms with Crippen LogP contribution in [0.1, 0.15) is 165 Å². The molecule has 20 heteroatoms. The number of aliphatic imine (C=N–C) groups is 1. The molecule has 1 saturated heterocycles. The van der Waals surface area contributed by atoms with Gasteiger partial charge in [0, 0.05) is 74.1 Å². The minimum Gasteiger partial charge on any atom is -0.482 e. The van der Waals surface area contributed by atoms with E-state index in [-0.39, 0.29) is 52.9 Å². The number of hydrogen-bond donors (Lipinski definition) is 1. The minimum atomic E-state index is -2.39. The standard InChI is InChI=1S/C70H81NO19/c1-34(2)19-18-30-68(14)31-29-49-58(89-68)48(27-22-35(3)4)60-53(59(49)88-66(79)44-23-25-45(26-24-44)86-67-63(85-43(13)75)62(84-42(12)74)61(83-41(11)73)50(87-67)33-82-40(10)72)56-54-51(52-55(71-56)46-20-16-17-21-47(46)57(52)76)38(8)64(77)69(80,32-28-37(7)65(78)81-15)70(54,90-60)39(9)36(5)6/h16-17,19-26,28-29,31,36,38-39,50-52,54,56,61-63,67,80H,18,27,30,32-33H2,1-15H3/b37-28-/t38?,39?,50-,51?,52?,54?,56?,61-,62+,63-,67-,68?,69?,70?/m1/s1. The summed E-state index contributed by atoms with van der Waals surface area (Å²) >= 11 is 0. The van der Waals surface area contributed by atoms with E-state index in [1.807, 2.05) is 85.8 Å². The van der Waals surface area contributed by atoms with Crippen LogP contribution in [0.25, 0.3) is 6.08 Å². The van der Waals surface area contributed by atoms with Gasteiger partial charge in [0.1, 0.15) is 35.6 Å². The SMILES string of the molecule is COC(=O)/C(C)=C\CC1(O)C(=O)C(C)C2C3C(=O)c4ccccc4C3=NC3c4c(OC(=O)c5ccc(O[C@@H]6O[C@H](COC(C)=O)[C@@H](OC(C)=O)[C@H](OC(C)=O)[C@H]6OC(C)=O)cc5)c5c(c(CC=C(C)C)c4OC1(C(C)C(C)C)C32)OC(C)(CCC=C(C)C)C=C5. The van der Waals surface area contributed by atoms with Crippen molar-refractivity contribution in [2.75, 3.05) is 13.7 Å². The van der Waals surface area contributed by atoms with Crippen molar-refractivity contribution in [1.82, 2.24) is 0 Å². The fourth-order valence-corrected chi connectivity index (χ4v) is 13.9. The number of hydrogen-bond acceptors (Lipinski definition) is 20. The van der Waals surface area contributed by atoms with Gasteiger partial charge in [0.25, 0.3) is 0 Å². The van der Waals surface area contributed by atoms with Crippen molar-refractivity contribution in [3.63, 3.8) is 0 Å². The highest BCUT2D eigenvalue weighted by atomic mass is 16.7. The van der Waals surface area contributed by atoms with Crippen molar-refractivity contribution < 1.29 is 90.8 Å². The monoisotopic (exact) mass is 1240 g/mol. The predicted molar refractivity (Wildman–Crippen MR) is 328 cm³/mol. The molecule has 0 amide bonds. The largest absolute Gasteiger partial charge is 0.482 e. The molecule has 6 aliphatic rings. The van der Waals surface area contributed by atoms with Crippen LogP contribution in [0.3, 0.4) is 0 Å². The first-order chi connectivity index (χ1) is 42.5. The number of methoxy groups -OCH3 is 1. The van der Waals surface area contributed by atoms with Crippen LogP contribution in [0.2, 0.25) is 0 Å². The quantitative estimate of drug-likeness (QED) is 0.0384. The lowest BCUT2D eigenvalue weighted by atomic mass is 9.45. The Hall–Kier alpha value is -8.23. The van der Waals surface area contributed by atoms with E-state index in [1.54, 1.807) is 26.0 Å². The molecule has 4 aliphatic heterocycles. The van der Waals surface area contributed by atoms with Gasteiger partial charge < -0.3 is 52.5 Å². The number of benzene rings is 3. The Morgan fingerprint density at radius 1 is 0.767 bits per heavy atom. The maximum Gasteiger partial charge on any atom is 0.343 e. The lowest BCUT2D eigenvalue weighted by molar-refractivity contribution is -0.288. The van der Waals surface area contributed by atoms with Crippen molar-refractivity contribution in [2.24, 2.45) is 40.5 Å². The third-order valence-corrected chi connectivity index (χ3v) is 18.3. The Morgan fingerprint density at radius 2 is 1.40 bits per heavy atom. The Kier molecular flexibility index (Phi) is 19.1. The van der Waals surface area contributed by atoms with E-state index in [4.69, 9.17) is 52.4 Å². The summed E-state index contributed by atoms with van der Waals surface area (Å²) in [5.74, 6) is -9.60. The van der Waals surface area contributed by atoms with Crippen molar-refractivity contribution >= 4 is 59.2 Å². The van der Waals surface area contributed by atoms with Gasteiger partial charge in [-0.3, -0.25) is 33.8 Å². The predicted octanol–water partition coefficient (Wildman–Crippen LogP) is 10.3. The molecule has 480 valence electrons. The summed E-state index contributed by atoms with van der Waals surface area (Å²) in [6.45, 7) is 23.1. The molecule has 14 atom stereocenters. The normalized spacial score (nSPS) is 28.7. The molecule has 0 spiro atoms. The number of allylic oxidation sites excluding steroid dienone is 4. The molecule has 9 unspecified atom stereocenters. The number of rotatable bonds is 19. The Morgan fingerprint density at radius 3 is 2.01 bits per heavy atom. The molecule has 0 aromatic heterocycles. The van der Waals surface area contributed by atoms with Crippen molar-refractivity contribution in [3.05, 3.63) is 123 Å². The molecule has 0 radical (unpaired) electrons. The van der Waals surface area contributed by atoms with Crippen LogP contribution in [0.4, 0.5) is 0 Å². The van der Waals surface area contributed by atoms with Crippen LogP contribution < -0.4 is 18.9 Å². The average Bonchev–Trinajstić information content (AvgIpc) is 0.962. The molecular formula is C70H81NO19. The third kappa shape index (κ3) is 12.3. The number of carbonyl (C=O) groups is 8. The summed E-state index contributed by atoms with van der Waals surface area (Å²) in [6.07, 6.45) is 3.12. The molecule has 3 aromatic rings. The molecule has 0 bridgehead atoms. The highest BCUT2D eigenvalue weighted by molar-refractivity contribution is 6.29. The maximum atomic E-state index is 15.9. The molecule has 2 aliphatic carbocycles. The first-order valence-electron chi connectivity index (χ1n) is 30.6. The summed E-state index contributed by atoms with van der Waals surface area (Å²) in [7, 11) is 1.25. The van der Waals surface area contributed by atoms with E-state index in [0.717, 1.165) is 38.8 Å². The molecule has 4 heterocycles. The van der Waals surface area contributed by atoms with Gasteiger partial charge in [0.2, 0.25) is 12.4 Å². The van der Waals surface area contributed by atoms with Crippen molar-refractivity contribution in [1.29, 1.82) is 0 Å². The van der Waals surface area contributed by atoms with Gasteiger partial charge in [-0.1, -0.05) is 81.3 Å². The first-order valence-corrected chi connectivity index (χ1v) is 30.6. The van der Waals surface area contributed by atoms with E-state index in [2.05, 4.69) is 6.08 Å². The second-order valence-electron chi connectivity index (χ2n) is 25.4. The molecular weight excluding hydrogens is 1160 g/mol. The molecule has 1 saturated carbocycles. The maximum absolute atomic E-state index is 15.9. The van der Waals surface area contributed by atoms with Gasteiger partial charge in [-0.05, 0) is 109 Å². The highest BCUT2D eigenvalue weighted by Gasteiger charge is 2.76. The zero-order valence-corrected chi connectivity index (χ0v) is 53.7. The number of nitrogens with zero attached hydrogens (tertiary/aromatic N) is 1. The Labute approximate surface area is 524 Å². The average molecular weight is 1240 g/mol. The fourth-order valence-electron chi connectivity index (χ4n) is 13.9.